The topological polar surface area (TPSA) is 403 Å². The highest BCUT2D eigenvalue weighted by molar-refractivity contribution is 7.27. The third-order valence-corrected chi connectivity index (χ3v) is 13.7. The van der Waals surface area contributed by atoms with Crippen LogP contribution in [0.3, 0.4) is 0 Å². The summed E-state index contributed by atoms with van der Waals surface area (Å²) >= 11 is 0.636. The molecule has 0 saturated heterocycles. The number of hydrogen-bond acceptors (Lipinski definition) is 22. The van der Waals surface area contributed by atoms with Gasteiger partial charge in [0.1, 0.15) is 38.3 Å². The molecule has 0 atom stereocenters. The van der Waals surface area contributed by atoms with Gasteiger partial charge in [0, 0.05) is 4.70 Å². The smallest absolute Gasteiger partial charge is 0.208 e. The molecule has 0 amide bonds. The second kappa shape index (κ2) is 17.1. The van der Waals surface area contributed by atoms with Crippen molar-refractivity contribution in [3.8, 4) is 182 Å². The largest absolute Gasteiger partial charge is 0.508 e. The molecule has 0 fully saturated rings. The first-order valence-electron chi connectivity index (χ1n) is 21.4. The number of phenols is 18. The SMILES string of the molecule is [B]c1c(O)c(O)c(O)c(-c2c(O)c(O)c(O)c(-c3nc(-c4c(O)c(O)c(O)c(O)c4O)nc(-c4c(O)c(O)c(O)c5c4sc4c(-c6cccc(-c7ccc(-c8ccccc8)cc7)c6)c([B])c(O)c(O)c45)n3)c2O)c1O. The van der Waals surface area contributed by atoms with E-state index in [2.05, 4.69) is 15.0 Å². The average molecular weight is 1030 g/mol. The molecule has 10 aromatic rings. The molecule has 10 rings (SSSR count). The Morgan fingerprint density at radius 2 is 0.613 bits per heavy atom. The number of phenolic OH excluding ortho intramolecular Hbond substituents is 18. The zero-order valence-corrected chi connectivity index (χ0v) is 38.3. The van der Waals surface area contributed by atoms with Crippen LogP contribution in [0.2, 0.25) is 0 Å². The van der Waals surface area contributed by atoms with Gasteiger partial charge in [-0.15, -0.1) is 11.3 Å². The molecule has 370 valence electrons. The minimum absolute atomic E-state index is 0.0199. The van der Waals surface area contributed by atoms with E-state index in [9.17, 15) is 91.9 Å². The minimum atomic E-state index is -1.58. The van der Waals surface area contributed by atoms with Gasteiger partial charge in [0.25, 0.3) is 0 Å². The fourth-order valence-corrected chi connectivity index (χ4v) is 10.1. The van der Waals surface area contributed by atoms with Crippen LogP contribution in [0.15, 0.2) is 78.9 Å². The van der Waals surface area contributed by atoms with Crippen molar-refractivity contribution in [1.29, 1.82) is 0 Å². The van der Waals surface area contributed by atoms with Crippen LogP contribution in [-0.4, -0.2) is 123 Å². The number of nitrogens with zero attached hydrogens (tertiary/aromatic N) is 3. The summed E-state index contributed by atoms with van der Waals surface area (Å²) in [5, 5.41) is 198. The van der Waals surface area contributed by atoms with Crippen molar-refractivity contribution in [2.45, 2.75) is 0 Å². The Morgan fingerprint density at radius 3 is 1.17 bits per heavy atom. The third kappa shape index (κ3) is 6.98. The molecule has 8 aromatic carbocycles. The molecule has 0 unspecified atom stereocenters. The maximum Gasteiger partial charge on any atom is 0.208 e. The maximum atomic E-state index is 11.9. The first-order valence-corrected chi connectivity index (χ1v) is 22.2. The molecule has 0 aliphatic rings. The molecule has 18 N–H and O–H groups in total. The number of hydrogen-bond donors (Lipinski definition) is 18. The Kier molecular flexibility index (Phi) is 11.0. The van der Waals surface area contributed by atoms with Crippen LogP contribution < -0.4 is 10.9 Å². The fraction of sp³-hybridized carbons (Fsp3) is 0. The number of aromatic nitrogens is 3. The van der Waals surface area contributed by atoms with Crippen molar-refractivity contribution >= 4 is 58.1 Å². The van der Waals surface area contributed by atoms with Crippen LogP contribution in [0, 0.1) is 0 Å². The lowest BCUT2D eigenvalue weighted by molar-refractivity contribution is 0.329. The molecule has 0 aliphatic carbocycles. The van der Waals surface area contributed by atoms with Crippen molar-refractivity contribution in [3.05, 3.63) is 78.9 Å². The fourth-order valence-electron chi connectivity index (χ4n) is 8.72. The maximum absolute atomic E-state index is 11.9. The first-order chi connectivity index (χ1) is 35.6. The van der Waals surface area contributed by atoms with E-state index in [1.165, 1.54) is 0 Å². The Bertz CT molecular complexity index is 4080. The van der Waals surface area contributed by atoms with E-state index in [-0.39, 0.29) is 25.8 Å². The van der Waals surface area contributed by atoms with Gasteiger partial charge in [-0.3, -0.25) is 0 Å². The predicted molar refractivity (Wildman–Crippen MR) is 272 cm³/mol. The van der Waals surface area contributed by atoms with E-state index in [0.29, 0.717) is 22.5 Å². The number of thiophene rings is 1. The Balaban J connectivity index is 1.28. The van der Waals surface area contributed by atoms with Crippen LogP contribution >= 0.6 is 11.3 Å². The normalized spacial score (nSPS) is 11.5. The van der Waals surface area contributed by atoms with Crippen molar-refractivity contribution < 1.29 is 91.9 Å². The second-order valence-corrected chi connectivity index (χ2v) is 17.7. The molecule has 75 heavy (non-hydrogen) atoms. The van der Waals surface area contributed by atoms with E-state index in [0.717, 1.165) is 16.7 Å². The molecule has 0 saturated carbocycles. The molecule has 2 heterocycles. The number of aromatic hydroxyl groups is 18. The van der Waals surface area contributed by atoms with E-state index in [4.69, 9.17) is 15.7 Å². The lowest BCUT2D eigenvalue weighted by Gasteiger charge is -2.19. The summed E-state index contributed by atoms with van der Waals surface area (Å²) in [6.07, 6.45) is 0. The van der Waals surface area contributed by atoms with Crippen molar-refractivity contribution in [3.63, 3.8) is 0 Å². The van der Waals surface area contributed by atoms with Crippen LogP contribution in [0.4, 0.5) is 0 Å². The predicted octanol–water partition coefficient (Wildman–Crippen LogP) is 6.20. The van der Waals surface area contributed by atoms with E-state index in [1.807, 2.05) is 54.6 Å². The van der Waals surface area contributed by atoms with Crippen molar-refractivity contribution in [2.24, 2.45) is 0 Å². The third-order valence-electron chi connectivity index (χ3n) is 12.5. The summed E-state index contributed by atoms with van der Waals surface area (Å²) in [6.45, 7) is 0. The van der Waals surface area contributed by atoms with Crippen LogP contribution in [0.25, 0.3) is 98.8 Å². The van der Waals surface area contributed by atoms with Crippen LogP contribution in [-0.2, 0) is 0 Å². The molecule has 4 radical (unpaired) electrons. The molecular formula is C51H31B2N3O18S. The van der Waals surface area contributed by atoms with Crippen molar-refractivity contribution in [1.82, 2.24) is 15.0 Å². The van der Waals surface area contributed by atoms with Gasteiger partial charge in [0.2, 0.25) is 34.5 Å². The number of benzene rings is 8. The van der Waals surface area contributed by atoms with Gasteiger partial charge in [0.05, 0.1) is 32.2 Å². The molecule has 2 aromatic heterocycles. The van der Waals surface area contributed by atoms with Gasteiger partial charge in [-0.1, -0.05) is 72.8 Å². The summed E-state index contributed by atoms with van der Waals surface area (Å²) in [4.78, 5) is 12.4. The highest BCUT2D eigenvalue weighted by atomic mass is 32.1. The zero-order chi connectivity index (χ0) is 54.0. The van der Waals surface area contributed by atoms with E-state index in [1.54, 1.807) is 24.3 Å². The minimum Gasteiger partial charge on any atom is -0.508 e. The summed E-state index contributed by atoms with van der Waals surface area (Å²) in [5.41, 5.74) is -3.34. The summed E-state index contributed by atoms with van der Waals surface area (Å²) < 4.78 is -0.388. The summed E-state index contributed by atoms with van der Waals surface area (Å²) in [6, 6.07) is 24.0. The monoisotopic (exact) mass is 1030 g/mol. The molecule has 24 heteroatoms. The van der Waals surface area contributed by atoms with Crippen molar-refractivity contribution in [2.75, 3.05) is 0 Å². The van der Waals surface area contributed by atoms with Crippen LogP contribution in [0.1, 0.15) is 0 Å². The van der Waals surface area contributed by atoms with Gasteiger partial charge in [0.15, 0.2) is 75.0 Å². The molecule has 0 bridgehead atoms. The number of rotatable bonds is 7. The van der Waals surface area contributed by atoms with E-state index >= 15 is 0 Å². The Hall–Kier alpha value is -10.5. The summed E-state index contributed by atoms with van der Waals surface area (Å²) in [5.74, 6) is -27.8. The molecular weight excluding hydrogens is 996 g/mol. The van der Waals surface area contributed by atoms with E-state index < -0.39 is 160 Å². The lowest BCUT2D eigenvalue weighted by atomic mass is 9.83. The van der Waals surface area contributed by atoms with Gasteiger partial charge in [-0.25, -0.2) is 15.0 Å². The molecule has 0 spiro atoms. The van der Waals surface area contributed by atoms with Gasteiger partial charge < -0.3 is 91.9 Å². The first kappa shape index (κ1) is 48.2. The van der Waals surface area contributed by atoms with Crippen LogP contribution in [0.5, 0.6) is 103 Å². The zero-order valence-electron chi connectivity index (χ0n) is 37.5. The Morgan fingerprint density at radius 1 is 0.267 bits per heavy atom. The standard InChI is InChI=1S/C51H31B2N3O18S/c52-27-19(18-8-4-7-17(13-18)16-11-9-15(10-12-16)14-5-2-1-3-6-14)47-22(33(61)39(27)67)23-34(62)42(70)38(66)26(48(23)75-47)51-55-49(54-50(56-51)25-36(64)44(72)46(74)45(73)37(25)65)24-29(57)20(31(59)41(69)35(24)63)21-30(58)28(53)40(68)43(71)32(21)60/h1-13,57-74H. The Labute approximate surface area is 424 Å². The quantitative estimate of drug-likeness (QED) is 0.0480. The van der Waals surface area contributed by atoms with Gasteiger partial charge in [-0.05, 0) is 50.4 Å². The highest BCUT2D eigenvalue weighted by Crippen LogP contribution is 2.62. The lowest BCUT2D eigenvalue weighted by Crippen LogP contribution is -2.08. The van der Waals surface area contributed by atoms with Gasteiger partial charge >= 0.3 is 0 Å². The molecule has 0 aliphatic heterocycles. The van der Waals surface area contributed by atoms with Gasteiger partial charge in [-0.2, -0.15) is 0 Å². The molecule has 21 nitrogen and oxygen atoms in total. The highest BCUT2D eigenvalue weighted by Gasteiger charge is 2.36. The summed E-state index contributed by atoms with van der Waals surface area (Å²) in [7, 11) is 12.2. The second-order valence-electron chi connectivity index (χ2n) is 16.7. The number of fused-ring (bicyclic) bond motifs is 3. The average Bonchev–Trinajstić information content (AvgIpc) is 3.80.